The molecule has 0 aliphatic heterocycles. The molecule has 0 fully saturated rings. The van der Waals surface area contributed by atoms with Crippen LogP contribution in [0.4, 0.5) is 5.69 Å². The van der Waals surface area contributed by atoms with E-state index in [1.165, 1.54) is 6.08 Å². The van der Waals surface area contributed by atoms with E-state index in [1.807, 2.05) is 6.07 Å². The molecular weight excluding hydrogens is 476 g/mol. The van der Waals surface area contributed by atoms with Gasteiger partial charge in [0.1, 0.15) is 29.7 Å². The van der Waals surface area contributed by atoms with Gasteiger partial charge in [0.2, 0.25) is 0 Å². The van der Waals surface area contributed by atoms with Gasteiger partial charge in [-0.1, -0.05) is 5.92 Å². The van der Waals surface area contributed by atoms with Crippen LogP contribution in [0.5, 0.6) is 11.5 Å². The molecule has 0 spiro atoms. The highest BCUT2D eigenvalue weighted by Gasteiger charge is 2.12. The summed E-state index contributed by atoms with van der Waals surface area (Å²) >= 11 is 6.79. The molecule has 2 rings (SSSR count). The number of nitrogens with zero attached hydrogens (tertiary/aromatic N) is 1. The molecule has 0 bridgehead atoms. The number of carbonyl (C=O) groups is 1. The number of ether oxygens (including phenoxy) is 2. The van der Waals surface area contributed by atoms with E-state index in [9.17, 15) is 10.1 Å². The standard InChI is InChI=1S/C20H14Br2N2O3/c1-3-8-27-19-17(21)10-13(11-18(19)22)9-14(12-23)20(25)24-15-4-6-16(26-2)7-5-15/h1,4-7,9-11H,8H2,2H3,(H,24,25)/b14-9-. The van der Waals surface area contributed by atoms with Crippen LogP contribution in [0, 0.1) is 23.7 Å². The van der Waals surface area contributed by atoms with Gasteiger partial charge in [-0.2, -0.15) is 5.26 Å². The first-order valence-electron chi connectivity index (χ1n) is 7.61. The summed E-state index contributed by atoms with van der Waals surface area (Å²) in [6.45, 7) is 0.125. The van der Waals surface area contributed by atoms with Gasteiger partial charge in [-0.25, -0.2) is 0 Å². The fourth-order valence-electron chi connectivity index (χ4n) is 2.10. The topological polar surface area (TPSA) is 71.3 Å². The van der Waals surface area contributed by atoms with Gasteiger partial charge in [0.15, 0.2) is 0 Å². The summed E-state index contributed by atoms with van der Waals surface area (Å²) in [5.41, 5.74) is 1.16. The molecule has 0 saturated carbocycles. The second-order valence-electron chi connectivity index (χ2n) is 5.16. The van der Waals surface area contributed by atoms with Crippen LogP contribution in [0.15, 0.2) is 50.9 Å². The molecule has 2 aromatic rings. The second kappa shape index (κ2) is 9.82. The second-order valence-corrected chi connectivity index (χ2v) is 6.87. The Morgan fingerprint density at radius 1 is 1.26 bits per heavy atom. The normalized spacial score (nSPS) is 10.5. The number of hydrogen-bond donors (Lipinski definition) is 1. The van der Waals surface area contributed by atoms with Crippen LogP contribution in [0.3, 0.4) is 0 Å². The summed E-state index contributed by atoms with van der Waals surface area (Å²) in [6, 6.07) is 12.2. The molecule has 0 aromatic heterocycles. The molecule has 27 heavy (non-hydrogen) atoms. The van der Waals surface area contributed by atoms with E-state index < -0.39 is 5.91 Å². The molecule has 0 radical (unpaired) electrons. The van der Waals surface area contributed by atoms with Crippen LogP contribution in [-0.2, 0) is 4.79 Å². The Kier molecular flexibility index (Phi) is 7.48. The number of carbonyl (C=O) groups excluding carboxylic acids is 1. The molecule has 1 amide bonds. The first-order valence-corrected chi connectivity index (χ1v) is 9.19. The van der Waals surface area contributed by atoms with Crippen LogP contribution in [0.1, 0.15) is 5.56 Å². The Labute approximate surface area is 174 Å². The number of nitrogens with one attached hydrogen (secondary N) is 1. The molecule has 0 saturated heterocycles. The van der Waals surface area contributed by atoms with E-state index in [2.05, 4.69) is 43.1 Å². The van der Waals surface area contributed by atoms with Crippen molar-refractivity contribution in [2.24, 2.45) is 0 Å². The highest BCUT2D eigenvalue weighted by molar-refractivity contribution is 9.11. The highest BCUT2D eigenvalue weighted by Crippen LogP contribution is 2.35. The molecule has 0 aliphatic rings. The predicted octanol–water partition coefficient (Wildman–Crippen LogP) is 4.78. The van der Waals surface area contributed by atoms with E-state index in [-0.39, 0.29) is 12.2 Å². The lowest BCUT2D eigenvalue weighted by molar-refractivity contribution is -0.112. The van der Waals surface area contributed by atoms with E-state index in [0.29, 0.717) is 31.7 Å². The molecule has 2 aromatic carbocycles. The molecule has 0 atom stereocenters. The lowest BCUT2D eigenvalue weighted by atomic mass is 10.1. The highest BCUT2D eigenvalue weighted by atomic mass is 79.9. The first-order chi connectivity index (χ1) is 13.0. The number of benzene rings is 2. The van der Waals surface area contributed by atoms with Gasteiger partial charge in [-0.05, 0) is 79.9 Å². The Hall–Kier alpha value is -2.74. The van der Waals surface area contributed by atoms with E-state index in [1.54, 1.807) is 43.5 Å². The van der Waals surface area contributed by atoms with Gasteiger partial charge in [0.05, 0.1) is 16.1 Å². The minimum absolute atomic E-state index is 0.0399. The van der Waals surface area contributed by atoms with Crippen LogP contribution < -0.4 is 14.8 Å². The van der Waals surface area contributed by atoms with Crippen molar-refractivity contribution in [1.29, 1.82) is 5.26 Å². The van der Waals surface area contributed by atoms with Crippen molar-refractivity contribution >= 4 is 49.5 Å². The zero-order chi connectivity index (χ0) is 19.8. The van der Waals surface area contributed by atoms with Crippen molar-refractivity contribution in [3.8, 4) is 29.9 Å². The predicted molar refractivity (Wildman–Crippen MR) is 111 cm³/mol. The van der Waals surface area contributed by atoms with Crippen LogP contribution in [0.25, 0.3) is 6.08 Å². The van der Waals surface area contributed by atoms with E-state index in [4.69, 9.17) is 15.9 Å². The number of methoxy groups -OCH3 is 1. The molecule has 136 valence electrons. The monoisotopic (exact) mass is 488 g/mol. The molecular formula is C20H14Br2N2O3. The Morgan fingerprint density at radius 2 is 1.89 bits per heavy atom. The maximum atomic E-state index is 12.4. The third-order valence-electron chi connectivity index (χ3n) is 3.34. The maximum Gasteiger partial charge on any atom is 0.266 e. The van der Waals surface area contributed by atoms with Gasteiger partial charge in [0.25, 0.3) is 5.91 Å². The van der Waals surface area contributed by atoms with Crippen LogP contribution in [-0.4, -0.2) is 19.6 Å². The zero-order valence-corrected chi connectivity index (χ0v) is 17.4. The summed E-state index contributed by atoms with van der Waals surface area (Å²) < 4.78 is 11.8. The average molecular weight is 490 g/mol. The number of anilines is 1. The van der Waals surface area contributed by atoms with Gasteiger partial charge in [-0.15, -0.1) is 6.42 Å². The molecule has 7 heteroatoms. The number of nitriles is 1. The molecule has 0 unspecified atom stereocenters. The fourth-order valence-corrected chi connectivity index (χ4v) is 3.55. The Bertz CT molecular complexity index is 932. The lowest BCUT2D eigenvalue weighted by Crippen LogP contribution is -2.13. The van der Waals surface area contributed by atoms with E-state index in [0.717, 1.165) is 0 Å². The van der Waals surface area contributed by atoms with Crippen molar-refractivity contribution in [2.75, 3.05) is 19.0 Å². The summed E-state index contributed by atoms with van der Waals surface area (Å²) in [5, 5.41) is 12.0. The van der Waals surface area contributed by atoms with Gasteiger partial charge in [0, 0.05) is 5.69 Å². The Morgan fingerprint density at radius 3 is 2.41 bits per heavy atom. The van der Waals surface area contributed by atoms with Gasteiger partial charge < -0.3 is 14.8 Å². The maximum absolute atomic E-state index is 12.4. The van der Waals surface area contributed by atoms with E-state index >= 15 is 0 Å². The van der Waals surface area contributed by atoms with Crippen LogP contribution >= 0.6 is 31.9 Å². The number of halogens is 2. The summed E-state index contributed by atoms with van der Waals surface area (Å²) in [4.78, 5) is 12.4. The van der Waals surface area contributed by atoms with Crippen molar-refractivity contribution in [1.82, 2.24) is 0 Å². The summed E-state index contributed by atoms with van der Waals surface area (Å²) in [6.07, 6.45) is 6.69. The van der Waals surface area contributed by atoms with Crippen molar-refractivity contribution in [3.05, 3.63) is 56.5 Å². The zero-order valence-electron chi connectivity index (χ0n) is 14.3. The lowest BCUT2D eigenvalue weighted by Gasteiger charge is -2.09. The first kappa shape index (κ1) is 20.6. The Balaban J connectivity index is 2.23. The number of hydrogen-bond acceptors (Lipinski definition) is 4. The van der Waals surface area contributed by atoms with Gasteiger partial charge >= 0.3 is 0 Å². The fraction of sp³-hybridized carbons (Fsp3) is 0.100. The minimum Gasteiger partial charge on any atom is -0.497 e. The van der Waals surface area contributed by atoms with Crippen molar-refractivity contribution < 1.29 is 14.3 Å². The number of amides is 1. The van der Waals surface area contributed by atoms with Crippen molar-refractivity contribution in [3.63, 3.8) is 0 Å². The molecule has 0 heterocycles. The summed E-state index contributed by atoms with van der Waals surface area (Å²) in [7, 11) is 1.56. The third-order valence-corrected chi connectivity index (χ3v) is 4.52. The largest absolute Gasteiger partial charge is 0.497 e. The van der Waals surface area contributed by atoms with Crippen molar-refractivity contribution in [2.45, 2.75) is 0 Å². The molecule has 0 aliphatic carbocycles. The molecule has 5 nitrogen and oxygen atoms in total. The minimum atomic E-state index is -0.512. The number of terminal acetylenes is 1. The average Bonchev–Trinajstić information content (AvgIpc) is 2.66. The number of rotatable bonds is 6. The van der Waals surface area contributed by atoms with Crippen LogP contribution in [0.2, 0.25) is 0 Å². The van der Waals surface area contributed by atoms with Gasteiger partial charge in [-0.3, -0.25) is 4.79 Å². The quantitative estimate of drug-likeness (QED) is 0.360. The summed E-state index contributed by atoms with van der Waals surface area (Å²) in [5.74, 6) is 3.10. The molecule has 1 N–H and O–H groups in total. The smallest absolute Gasteiger partial charge is 0.266 e. The third kappa shape index (κ3) is 5.62. The SMILES string of the molecule is C#CCOc1c(Br)cc(/C=C(/C#N)C(=O)Nc2ccc(OC)cc2)cc1Br.